The van der Waals surface area contributed by atoms with Crippen molar-refractivity contribution < 1.29 is 14.5 Å². The molecule has 0 radical (unpaired) electrons. The smallest absolute Gasteiger partial charge is 0.312 e. The van der Waals surface area contributed by atoms with E-state index in [1.807, 2.05) is 0 Å². The summed E-state index contributed by atoms with van der Waals surface area (Å²) in [6.45, 7) is 4.96. The largest absolute Gasteiger partial charge is 0.449 e. The molecule has 0 aliphatic rings. The zero-order chi connectivity index (χ0) is 15.6. The lowest BCUT2D eigenvalue weighted by Crippen LogP contribution is -2.00. The molecular formula is C16H15NO4. The minimum atomic E-state index is -0.480. The molecule has 2 aromatic rings. The number of rotatable bonds is 4. The third-order valence-corrected chi connectivity index (χ3v) is 3.07. The number of hydrogen-bond donors (Lipinski definition) is 0. The molecule has 0 bridgehead atoms. The monoisotopic (exact) mass is 285 g/mol. The molecule has 0 aromatic heterocycles. The Bertz CT molecular complexity index is 722. The maximum absolute atomic E-state index is 11.6. The Hall–Kier alpha value is -2.69. The first-order valence-corrected chi connectivity index (χ1v) is 6.43. The lowest BCUT2D eigenvalue weighted by atomic mass is 10.1. The number of ketones is 1. The van der Waals surface area contributed by atoms with Gasteiger partial charge in [-0.05, 0) is 44.0 Å². The van der Waals surface area contributed by atoms with Crippen LogP contribution in [0.1, 0.15) is 28.4 Å². The SMILES string of the molecule is CC(=O)c1ccccc1Oc1c(C)cc(C)cc1[N+](=O)[O-]. The predicted octanol–water partition coefficient (Wildman–Crippen LogP) is 4.21. The summed E-state index contributed by atoms with van der Waals surface area (Å²) in [5.74, 6) is 0.331. The number of carbonyl (C=O) groups is 1. The highest BCUT2D eigenvalue weighted by Crippen LogP contribution is 2.36. The van der Waals surface area contributed by atoms with Gasteiger partial charge >= 0.3 is 5.69 Å². The van der Waals surface area contributed by atoms with Gasteiger partial charge in [0.2, 0.25) is 5.75 Å². The van der Waals surface area contributed by atoms with Gasteiger partial charge in [-0.2, -0.15) is 0 Å². The van der Waals surface area contributed by atoms with Gasteiger partial charge in [-0.15, -0.1) is 0 Å². The fourth-order valence-corrected chi connectivity index (χ4v) is 2.16. The van der Waals surface area contributed by atoms with Crippen LogP contribution in [0.4, 0.5) is 5.69 Å². The van der Waals surface area contributed by atoms with E-state index in [1.54, 1.807) is 44.2 Å². The lowest BCUT2D eigenvalue weighted by Gasteiger charge is -2.12. The summed E-state index contributed by atoms with van der Waals surface area (Å²) in [6.07, 6.45) is 0. The van der Waals surface area contributed by atoms with E-state index in [0.717, 1.165) is 5.56 Å². The van der Waals surface area contributed by atoms with E-state index >= 15 is 0 Å². The molecule has 0 heterocycles. The van der Waals surface area contributed by atoms with Gasteiger partial charge in [0.1, 0.15) is 5.75 Å². The van der Waals surface area contributed by atoms with Crippen molar-refractivity contribution in [1.82, 2.24) is 0 Å². The first-order valence-electron chi connectivity index (χ1n) is 6.43. The van der Waals surface area contributed by atoms with Crippen molar-refractivity contribution in [3.63, 3.8) is 0 Å². The summed E-state index contributed by atoms with van der Waals surface area (Å²) in [4.78, 5) is 22.3. The van der Waals surface area contributed by atoms with Crippen molar-refractivity contribution in [3.05, 3.63) is 63.2 Å². The molecule has 0 aliphatic carbocycles. The van der Waals surface area contributed by atoms with E-state index in [1.165, 1.54) is 13.0 Å². The summed E-state index contributed by atoms with van der Waals surface area (Å²) in [7, 11) is 0. The number of aryl methyl sites for hydroxylation is 2. The van der Waals surface area contributed by atoms with Crippen molar-refractivity contribution in [2.45, 2.75) is 20.8 Å². The quantitative estimate of drug-likeness (QED) is 0.479. The number of nitrogens with zero attached hydrogens (tertiary/aromatic N) is 1. The van der Waals surface area contributed by atoms with Crippen molar-refractivity contribution >= 4 is 11.5 Å². The maximum atomic E-state index is 11.6. The molecular weight excluding hydrogens is 270 g/mol. The Morgan fingerprint density at radius 3 is 2.48 bits per heavy atom. The Morgan fingerprint density at radius 1 is 1.19 bits per heavy atom. The molecule has 2 aromatic carbocycles. The van der Waals surface area contributed by atoms with E-state index in [-0.39, 0.29) is 17.2 Å². The van der Waals surface area contributed by atoms with E-state index in [4.69, 9.17) is 4.74 Å². The molecule has 5 nitrogen and oxygen atoms in total. The summed E-state index contributed by atoms with van der Waals surface area (Å²) < 4.78 is 5.69. The highest BCUT2D eigenvalue weighted by Gasteiger charge is 2.20. The van der Waals surface area contributed by atoms with Crippen LogP contribution in [0.15, 0.2) is 36.4 Å². The minimum Gasteiger partial charge on any atom is -0.449 e. The van der Waals surface area contributed by atoms with Crippen LogP contribution in [-0.4, -0.2) is 10.7 Å². The van der Waals surface area contributed by atoms with Crippen LogP contribution in [0.3, 0.4) is 0 Å². The zero-order valence-corrected chi connectivity index (χ0v) is 12.0. The third-order valence-electron chi connectivity index (χ3n) is 3.07. The van der Waals surface area contributed by atoms with Gasteiger partial charge in [0.05, 0.1) is 10.5 Å². The van der Waals surface area contributed by atoms with E-state index in [9.17, 15) is 14.9 Å². The molecule has 0 aliphatic heterocycles. The molecule has 21 heavy (non-hydrogen) atoms. The van der Waals surface area contributed by atoms with Crippen LogP contribution in [0.25, 0.3) is 0 Å². The molecule has 0 amide bonds. The summed E-state index contributed by atoms with van der Waals surface area (Å²) >= 11 is 0. The first-order chi connectivity index (χ1) is 9.90. The number of benzene rings is 2. The minimum absolute atomic E-state index is 0.106. The first kappa shape index (κ1) is 14.7. The van der Waals surface area contributed by atoms with Crippen molar-refractivity contribution in [2.24, 2.45) is 0 Å². The molecule has 0 saturated carbocycles. The van der Waals surface area contributed by atoms with E-state index in [0.29, 0.717) is 16.9 Å². The number of hydrogen-bond acceptors (Lipinski definition) is 4. The van der Waals surface area contributed by atoms with Gasteiger partial charge in [0.25, 0.3) is 0 Å². The summed E-state index contributed by atoms with van der Waals surface area (Å²) in [5.41, 5.74) is 1.73. The van der Waals surface area contributed by atoms with Gasteiger partial charge in [-0.1, -0.05) is 18.2 Å². The van der Waals surface area contributed by atoms with Crippen LogP contribution in [0, 0.1) is 24.0 Å². The van der Waals surface area contributed by atoms with Gasteiger partial charge in [-0.25, -0.2) is 0 Å². The Balaban J connectivity index is 2.55. The molecule has 5 heteroatoms. The molecule has 2 rings (SSSR count). The lowest BCUT2D eigenvalue weighted by molar-refractivity contribution is -0.385. The fourth-order valence-electron chi connectivity index (χ4n) is 2.16. The molecule has 0 atom stereocenters. The fraction of sp³-hybridized carbons (Fsp3) is 0.188. The standard InChI is InChI=1S/C16H15NO4/c1-10-8-11(2)16(14(9-10)17(19)20)21-15-7-5-4-6-13(15)12(3)18/h4-9H,1-3H3. The Morgan fingerprint density at radius 2 is 1.86 bits per heavy atom. The topological polar surface area (TPSA) is 69.4 Å². The number of nitro benzene ring substituents is 1. The highest BCUT2D eigenvalue weighted by atomic mass is 16.6. The molecule has 108 valence electrons. The van der Waals surface area contributed by atoms with Gasteiger partial charge < -0.3 is 4.74 Å². The second-order valence-electron chi connectivity index (χ2n) is 4.84. The van der Waals surface area contributed by atoms with Crippen molar-refractivity contribution in [1.29, 1.82) is 0 Å². The number of para-hydroxylation sites is 1. The summed E-state index contributed by atoms with van der Waals surface area (Å²) in [5, 5.41) is 11.2. The van der Waals surface area contributed by atoms with Crippen LogP contribution >= 0.6 is 0 Å². The van der Waals surface area contributed by atoms with Gasteiger partial charge in [0, 0.05) is 6.07 Å². The molecule has 0 unspecified atom stereocenters. The van der Waals surface area contributed by atoms with E-state index in [2.05, 4.69) is 0 Å². The van der Waals surface area contributed by atoms with Crippen LogP contribution in [0.5, 0.6) is 11.5 Å². The number of ether oxygens (including phenoxy) is 1. The van der Waals surface area contributed by atoms with Gasteiger partial charge in [0.15, 0.2) is 5.78 Å². The van der Waals surface area contributed by atoms with Gasteiger partial charge in [-0.3, -0.25) is 14.9 Å². The molecule has 0 fully saturated rings. The molecule has 0 spiro atoms. The van der Waals surface area contributed by atoms with Crippen molar-refractivity contribution in [3.8, 4) is 11.5 Å². The Labute approximate surface area is 122 Å². The molecule has 0 saturated heterocycles. The normalized spacial score (nSPS) is 10.2. The Kier molecular flexibility index (Phi) is 4.03. The highest BCUT2D eigenvalue weighted by molar-refractivity contribution is 5.96. The number of nitro groups is 1. The summed E-state index contributed by atoms with van der Waals surface area (Å²) in [6, 6.07) is 9.96. The van der Waals surface area contributed by atoms with Crippen LogP contribution in [0.2, 0.25) is 0 Å². The third kappa shape index (κ3) is 3.08. The van der Waals surface area contributed by atoms with E-state index < -0.39 is 4.92 Å². The zero-order valence-electron chi connectivity index (χ0n) is 12.0. The van der Waals surface area contributed by atoms with Crippen molar-refractivity contribution in [2.75, 3.05) is 0 Å². The number of carbonyl (C=O) groups excluding carboxylic acids is 1. The van der Waals surface area contributed by atoms with Crippen LogP contribution < -0.4 is 4.74 Å². The second-order valence-corrected chi connectivity index (χ2v) is 4.84. The van der Waals surface area contributed by atoms with Crippen LogP contribution in [-0.2, 0) is 0 Å². The maximum Gasteiger partial charge on any atom is 0.312 e. The number of Topliss-reactive ketones (excluding diaryl/α,β-unsaturated/α-hetero) is 1. The average molecular weight is 285 g/mol. The predicted molar refractivity (Wildman–Crippen MR) is 79.1 cm³/mol. The molecule has 0 N–H and O–H groups in total. The average Bonchev–Trinajstić information content (AvgIpc) is 2.41. The second kappa shape index (κ2) is 5.75.